The Morgan fingerprint density at radius 1 is 1.15 bits per heavy atom. The lowest BCUT2D eigenvalue weighted by atomic mass is 9.93. The van der Waals surface area contributed by atoms with Gasteiger partial charge in [-0.15, -0.1) is 0 Å². The molecule has 0 saturated carbocycles. The minimum absolute atomic E-state index is 0.0859. The van der Waals surface area contributed by atoms with Crippen molar-refractivity contribution in [1.82, 2.24) is 9.80 Å². The average molecular weight is 451 g/mol. The molecule has 7 heteroatoms. The van der Waals surface area contributed by atoms with Crippen molar-refractivity contribution >= 4 is 17.9 Å². The van der Waals surface area contributed by atoms with Crippen molar-refractivity contribution in [3.63, 3.8) is 0 Å². The molecular formula is C26H34N4O3. The van der Waals surface area contributed by atoms with E-state index in [1.165, 1.54) is 16.8 Å². The van der Waals surface area contributed by atoms with Crippen LogP contribution in [0.1, 0.15) is 34.0 Å². The van der Waals surface area contributed by atoms with Gasteiger partial charge in [0.15, 0.2) is 0 Å². The first-order valence-electron chi connectivity index (χ1n) is 11.6. The molecule has 2 heterocycles. The van der Waals surface area contributed by atoms with Crippen LogP contribution in [-0.4, -0.2) is 82.6 Å². The van der Waals surface area contributed by atoms with Crippen LogP contribution < -0.4 is 9.64 Å². The monoisotopic (exact) mass is 450 g/mol. The van der Waals surface area contributed by atoms with Gasteiger partial charge in [0.2, 0.25) is 0 Å². The van der Waals surface area contributed by atoms with Crippen LogP contribution in [0, 0.1) is 0 Å². The lowest BCUT2D eigenvalue weighted by Crippen LogP contribution is -2.46. The normalized spacial score (nSPS) is 18.9. The fraction of sp³-hybridized carbons (Fsp3) is 0.462. The minimum atomic E-state index is -0.204. The SMILES string of the molecule is COc1ccc(N2CCN(CC[C@@H]3OCCc4cc(C(=O)N=CN(C)C)ccc43)CC2)cc1. The first kappa shape index (κ1) is 23.3. The molecule has 2 aromatic carbocycles. The van der Waals surface area contributed by atoms with Gasteiger partial charge in [0.1, 0.15) is 5.75 Å². The van der Waals surface area contributed by atoms with E-state index in [1.54, 1.807) is 18.3 Å². The number of piperazine rings is 1. The molecule has 7 nitrogen and oxygen atoms in total. The molecule has 0 aliphatic carbocycles. The Bertz CT molecular complexity index is 966. The number of benzene rings is 2. The van der Waals surface area contributed by atoms with Gasteiger partial charge in [-0.05, 0) is 60.4 Å². The summed E-state index contributed by atoms with van der Waals surface area (Å²) in [4.78, 5) is 23.1. The summed E-state index contributed by atoms with van der Waals surface area (Å²) in [5.74, 6) is 0.687. The number of aliphatic imine (C=N–C) groups is 1. The molecule has 176 valence electrons. The largest absolute Gasteiger partial charge is 0.497 e. The van der Waals surface area contributed by atoms with E-state index in [2.05, 4.69) is 33.0 Å². The third-order valence-corrected chi connectivity index (χ3v) is 6.35. The summed E-state index contributed by atoms with van der Waals surface area (Å²) in [6.45, 7) is 5.84. The average Bonchev–Trinajstić information content (AvgIpc) is 2.86. The van der Waals surface area contributed by atoms with Crippen molar-refractivity contribution in [1.29, 1.82) is 0 Å². The number of carbonyl (C=O) groups is 1. The van der Waals surface area contributed by atoms with Gasteiger partial charge >= 0.3 is 0 Å². The molecule has 0 aromatic heterocycles. The Balaban J connectivity index is 1.30. The molecule has 0 radical (unpaired) electrons. The van der Waals surface area contributed by atoms with Gasteiger partial charge < -0.3 is 19.3 Å². The van der Waals surface area contributed by atoms with Gasteiger partial charge in [-0.1, -0.05) is 6.07 Å². The topological polar surface area (TPSA) is 57.6 Å². The zero-order valence-electron chi connectivity index (χ0n) is 19.9. The van der Waals surface area contributed by atoms with Crippen LogP contribution in [0.5, 0.6) is 5.75 Å². The molecule has 1 atom stereocenters. The molecule has 4 rings (SSSR count). The van der Waals surface area contributed by atoms with E-state index in [9.17, 15) is 4.79 Å². The summed E-state index contributed by atoms with van der Waals surface area (Å²) in [6, 6.07) is 14.2. The summed E-state index contributed by atoms with van der Waals surface area (Å²) in [5, 5.41) is 0. The zero-order valence-corrected chi connectivity index (χ0v) is 19.9. The second-order valence-electron chi connectivity index (χ2n) is 8.85. The maximum absolute atomic E-state index is 12.3. The van der Waals surface area contributed by atoms with Crippen molar-refractivity contribution < 1.29 is 14.3 Å². The third kappa shape index (κ3) is 5.92. The zero-order chi connectivity index (χ0) is 23.2. The van der Waals surface area contributed by atoms with Crippen molar-refractivity contribution in [3.8, 4) is 5.75 Å². The molecule has 1 saturated heterocycles. The maximum atomic E-state index is 12.3. The summed E-state index contributed by atoms with van der Waals surface area (Å²) in [6.07, 6.45) is 3.43. The minimum Gasteiger partial charge on any atom is -0.497 e. The summed E-state index contributed by atoms with van der Waals surface area (Å²) in [5.41, 5.74) is 4.31. The van der Waals surface area contributed by atoms with E-state index >= 15 is 0 Å². The van der Waals surface area contributed by atoms with Crippen LogP contribution in [0.2, 0.25) is 0 Å². The smallest absolute Gasteiger partial charge is 0.278 e. The Morgan fingerprint density at radius 2 is 1.91 bits per heavy atom. The van der Waals surface area contributed by atoms with E-state index in [1.807, 2.05) is 38.4 Å². The van der Waals surface area contributed by atoms with E-state index in [0.717, 1.165) is 51.3 Å². The second-order valence-corrected chi connectivity index (χ2v) is 8.85. The summed E-state index contributed by atoms with van der Waals surface area (Å²) < 4.78 is 11.4. The number of hydrogen-bond acceptors (Lipinski definition) is 5. The van der Waals surface area contributed by atoms with Crippen molar-refractivity contribution in [3.05, 3.63) is 59.2 Å². The predicted molar refractivity (Wildman–Crippen MR) is 132 cm³/mol. The first-order chi connectivity index (χ1) is 16.0. The fourth-order valence-electron chi connectivity index (χ4n) is 4.47. The molecule has 2 aliphatic heterocycles. The van der Waals surface area contributed by atoms with Crippen molar-refractivity contribution in [2.75, 3.05) is 65.4 Å². The van der Waals surface area contributed by atoms with Gasteiger partial charge in [-0.3, -0.25) is 9.69 Å². The van der Waals surface area contributed by atoms with Crippen LogP contribution >= 0.6 is 0 Å². The number of hydrogen-bond donors (Lipinski definition) is 0. The van der Waals surface area contributed by atoms with Crippen molar-refractivity contribution in [2.45, 2.75) is 18.9 Å². The molecule has 0 bridgehead atoms. The number of methoxy groups -OCH3 is 1. The van der Waals surface area contributed by atoms with Gasteiger partial charge in [-0.2, -0.15) is 4.99 Å². The van der Waals surface area contributed by atoms with Crippen LogP contribution in [0.3, 0.4) is 0 Å². The maximum Gasteiger partial charge on any atom is 0.278 e. The molecule has 1 amide bonds. The Kier molecular flexibility index (Phi) is 7.62. The quantitative estimate of drug-likeness (QED) is 0.477. The molecule has 33 heavy (non-hydrogen) atoms. The van der Waals surface area contributed by atoms with Crippen LogP contribution in [0.4, 0.5) is 5.69 Å². The predicted octanol–water partition coefficient (Wildman–Crippen LogP) is 3.25. The van der Waals surface area contributed by atoms with Crippen LogP contribution in [-0.2, 0) is 11.2 Å². The number of carbonyl (C=O) groups excluding carboxylic acids is 1. The van der Waals surface area contributed by atoms with E-state index < -0.39 is 0 Å². The molecule has 1 fully saturated rings. The van der Waals surface area contributed by atoms with E-state index in [-0.39, 0.29) is 12.0 Å². The number of anilines is 1. The summed E-state index contributed by atoms with van der Waals surface area (Å²) in [7, 11) is 5.40. The van der Waals surface area contributed by atoms with E-state index in [0.29, 0.717) is 12.2 Å². The molecule has 0 spiro atoms. The number of fused-ring (bicyclic) bond motifs is 1. The lowest BCUT2D eigenvalue weighted by molar-refractivity contribution is 0.0289. The Hall–Kier alpha value is -2.90. The van der Waals surface area contributed by atoms with Gasteiger partial charge in [0.05, 0.1) is 26.2 Å². The third-order valence-electron chi connectivity index (χ3n) is 6.35. The number of amides is 1. The van der Waals surface area contributed by atoms with Gasteiger partial charge in [0, 0.05) is 58.1 Å². The van der Waals surface area contributed by atoms with Gasteiger partial charge in [0.25, 0.3) is 5.91 Å². The standard InChI is InChI=1S/C26H34N4O3/c1-28(2)19-27-26(31)21-4-9-24-20(18-21)11-17-33-25(24)10-12-29-13-15-30(16-14-29)22-5-7-23(32-3)8-6-22/h4-9,18-19,25H,10-17H2,1-3H3/t25-/m0/s1. The summed E-state index contributed by atoms with van der Waals surface area (Å²) >= 11 is 0. The highest BCUT2D eigenvalue weighted by atomic mass is 16.5. The highest BCUT2D eigenvalue weighted by Crippen LogP contribution is 2.31. The van der Waals surface area contributed by atoms with Crippen LogP contribution in [0.25, 0.3) is 0 Å². The highest BCUT2D eigenvalue weighted by Gasteiger charge is 2.24. The lowest BCUT2D eigenvalue weighted by Gasteiger charge is -2.37. The molecular weight excluding hydrogens is 416 g/mol. The number of nitrogens with zero attached hydrogens (tertiary/aromatic N) is 4. The molecule has 2 aromatic rings. The fourth-order valence-corrected chi connectivity index (χ4v) is 4.47. The molecule has 2 aliphatic rings. The van der Waals surface area contributed by atoms with Crippen molar-refractivity contribution in [2.24, 2.45) is 4.99 Å². The van der Waals surface area contributed by atoms with Crippen LogP contribution in [0.15, 0.2) is 47.5 Å². The number of ether oxygens (including phenoxy) is 2. The molecule has 0 unspecified atom stereocenters. The second kappa shape index (κ2) is 10.8. The Morgan fingerprint density at radius 3 is 2.61 bits per heavy atom. The Labute approximate surface area is 196 Å². The first-order valence-corrected chi connectivity index (χ1v) is 11.6. The number of rotatable bonds is 7. The van der Waals surface area contributed by atoms with Gasteiger partial charge in [-0.25, -0.2) is 0 Å². The highest BCUT2D eigenvalue weighted by molar-refractivity contribution is 5.98. The molecule has 0 N–H and O–H groups in total. The van der Waals surface area contributed by atoms with E-state index in [4.69, 9.17) is 9.47 Å².